The van der Waals surface area contributed by atoms with Gasteiger partial charge in [-0.15, -0.1) is 0 Å². The Bertz CT molecular complexity index is 585. The molecule has 1 fully saturated rings. The lowest BCUT2D eigenvalue weighted by molar-refractivity contribution is 0.112. The highest BCUT2D eigenvalue weighted by atomic mass is 16.2. The number of nitrogens with one attached hydrogen (secondary N) is 2. The number of aromatic nitrogens is 3. The van der Waals surface area contributed by atoms with E-state index in [1.54, 1.807) is 29.6 Å². The van der Waals surface area contributed by atoms with Gasteiger partial charge in [-0.2, -0.15) is 0 Å². The van der Waals surface area contributed by atoms with Crippen molar-refractivity contribution in [2.75, 3.05) is 32.0 Å². The molecule has 1 atom stereocenters. The number of likely N-dealkylation sites (N-methyl/N-ethyl adjacent to an activating group) is 1. The number of piperazine rings is 1. The number of rotatable bonds is 2. The van der Waals surface area contributed by atoms with Gasteiger partial charge in [-0.3, -0.25) is 10.2 Å². The minimum Gasteiger partial charge on any atom is -0.347 e. The summed E-state index contributed by atoms with van der Waals surface area (Å²) in [6, 6.07) is 5.40. The van der Waals surface area contributed by atoms with Crippen molar-refractivity contribution in [2.45, 2.75) is 6.04 Å². The topological polar surface area (TPSA) is 77.2 Å². The lowest BCUT2D eigenvalue weighted by Crippen LogP contribution is -2.50. The molecule has 0 radical (unpaired) electrons. The first kappa shape index (κ1) is 13.6. The molecule has 0 spiro atoms. The average molecular weight is 286 g/mol. The minimum atomic E-state index is -0.127. The molecule has 0 aliphatic carbocycles. The van der Waals surface area contributed by atoms with E-state index in [0.29, 0.717) is 18.9 Å². The molecule has 2 N–H and O–H groups in total. The maximum atomic E-state index is 12.3. The summed E-state index contributed by atoms with van der Waals surface area (Å²) < 4.78 is 0. The van der Waals surface area contributed by atoms with E-state index in [1.807, 2.05) is 19.2 Å². The summed E-state index contributed by atoms with van der Waals surface area (Å²) >= 11 is 0. The Morgan fingerprint density at radius 1 is 1.33 bits per heavy atom. The van der Waals surface area contributed by atoms with E-state index < -0.39 is 0 Å². The number of hydrogen-bond donors (Lipinski definition) is 2. The quantitative estimate of drug-likeness (QED) is 0.873. The number of urea groups is 1. The van der Waals surface area contributed by atoms with Gasteiger partial charge in [0.25, 0.3) is 0 Å². The average Bonchev–Trinajstić information content (AvgIpc) is 3.03. The van der Waals surface area contributed by atoms with E-state index in [0.717, 1.165) is 12.4 Å². The summed E-state index contributed by atoms with van der Waals surface area (Å²) in [4.78, 5) is 27.8. The third-order valence-corrected chi connectivity index (χ3v) is 3.67. The molecule has 110 valence electrons. The Kier molecular flexibility index (Phi) is 3.83. The Morgan fingerprint density at radius 3 is 2.95 bits per heavy atom. The maximum absolute atomic E-state index is 12.3. The van der Waals surface area contributed by atoms with Crippen LogP contribution in [0.1, 0.15) is 11.9 Å². The first-order chi connectivity index (χ1) is 10.2. The number of anilines is 1. The van der Waals surface area contributed by atoms with E-state index >= 15 is 0 Å². The summed E-state index contributed by atoms with van der Waals surface area (Å²) in [6.07, 6.45) is 5.19. The van der Waals surface area contributed by atoms with Gasteiger partial charge in [-0.25, -0.2) is 14.8 Å². The van der Waals surface area contributed by atoms with Crippen molar-refractivity contribution in [1.82, 2.24) is 24.8 Å². The van der Waals surface area contributed by atoms with Gasteiger partial charge in [0.2, 0.25) is 0 Å². The number of carbonyl (C=O) groups excluding carboxylic acids is 1. The first-order valence-electron chi connectivity index (χ1n) is 6.90. The second-order valence-electron chi connectivity index (χ2n) is 5.06. The number of imidazole rings is 1. The van der Waals surface area contributed by atoms with Gasteiger partial charge in [0, 0.05) is 38.2 Å². The maximum Gasteiger partial charge on any atom is 0.323 e. The van der Waals surface area contributed by atoms with E-state index in [9.17, 15) is 4.79 Å². The highest BCUT2D eigenvalue weighted by molar-refractivity contribution is 5.88. The molecule has 1 aliphatic rings. The second kappa shape index (κ2) is 5.92. The molecule has 7 heteroatoms. The van der Waals surface area contributed by atoms with Gasteiger partial charge < -0.3 is 9.88 Å². The zero-order chi connectivity index (χ0) is 14.7. The van der Waals surface area contributed by atoms with Crippen LogP contribution < -0.4 is 5.32 Å². The van der Waals surface area contributed by atoms with Gasteiger partial charge in [0.15, 0.2) is 0 Å². The predicted molar refractivity (Wildman–Crippen MR) is 78.8 cm³/mol. The standard InChI is InChI=1S/C14H18N6O/c1-19-8-9-20(10-11(19)13-16-6-7-17-13)14(21)18-12-4-2-3-5-15-12/h2-7,11H,8-10H2,1H3,(H,16,17)(H,15,18,21)/t11-/m1/s1. The molecule has 3 rings (SSSR count). The number of aromatic amines is 1. The third-order valence-electron chi connectivity index (χ3n) is 3.67. The lowest BCUT2D eigenvalue weighted by atomic mass is 10.1. The summed E-state index contributed by atoms with van der Waals surface area (Å²) in [5.41, 5.74) is 0. The Balaban J connectivity index is 1.67. The molecular formula is C14H18N6O. The van der Waals surface area contributed by atoms with Crippen molar-refractivity contribution >= 4 is 11.8 Å². The van der Waals surface area contributed by atoms with Crippen LogP contribution in [0.2, 0.25) is 0 Å². The number of carbonyl (C=O) groups is 1. The van der Waals surface area contributed by atoms with Crippen LogP contribution in [0.25, 0.3) is 0 Å². The fourth-order valence-corrected chi connectivity index (χ4v) is 2.44. The fourth-order valence-electron chi connectivity index (χ4n) is 2.44. The van der Waals surface area contributed by atoms with Crippen LogP contribution in [0.5, 0.6) is 0 Å². The van der Waals surface area contributed by atoms with Gasteiger partial charge in [-0.05, 0) is 19.2 Å². The Hall–Kier alpha value is -2.41. The van der Waals surface area contributed by atoms with Gasteiger partial charge in [0.05, 0.1) is 6.04 Å². The van der Waals surface area contributed by atoms with Crippen molar-refractivity contribution < 1.29 is 4.79 Å². The highest BCUT2D eigenvalue weighted by Crippen LogP contribution is 2.21. The van der Waals surface area contributed by atoms with Crippen LogP contribution in [0.4, 0.5) is 10.6 Å². The number of amides is 2. The summed E-state index contributed by atoms with van der Waals surface area (Å²) in [7, 11) is 2.04. The molecule has 1 saturated heterocycles. The van der Waals surface area contributed by atoms with Crippen molar-refractivity contribution in [1.29, 1.82) is 0 Å². The zero-order valence-electron chi connectivity index (χ0n) is 11.9. The summed E-state index contributed by atoms with van der Waals surface area (Å²) in [5, 5.41) is 2.82. The number of pyridine rings is 1. The Morgan fingerprint density at radius 2 is 2.24 bits per heavy atom. The third kappa shape index (κ3) is 3.03. The molecule has 2 aromatic heterocycles. The molecule has 0 unspecified atom stereocenters. The normalized spacial score (nSPS) is 19.5. The smallest absolute Gasteiger partial charge is 0.323 e. The van der Waals surface area contributed by atoms with E-state index in [2.05, 4.69) is 25.2 Å². The largest absolute Gasteiger partial charge is 0.347 e. The van der Waals surface area contributed by atoms with Crippen LogP contribution in [0.3, 0.4) is 0 Å². The molecular weight excluding hydrogens is 268 g/mol. The van der Waals surface area contributed by atoms with Crippen LogP contribution >= 0.6 is 0 Å². The Labute approximate surface area is 123 Å². The van der Waals surface area contributed by atoms with Crippen LogP contribution in [0.15, 0.2) is 36.8 Å². The molecule has 3 heterocycles. The predicted octanol–water partition coefficient (Wildman–Crippen LogP) is 1.33. The number of hydrogen-bond acceptors (Lipinski definition) is 4. The second-order valence-corrected chi connectivity index (χ2v) is 5.06. The molecule has 0 aromatic carbocycles. The van der Waals surface area contributed by atoms with Crippen molar-refractivity contribution in [3.05, 3.63) is 42.6 Å². The summed E-state index contributed by atoms with van der Waals surface area (Å²) in [5.74, 6) is 1.45. The molecule has 21 heavy (non-hydrogen) atoms. The lowest BCUT2D eigenvalue weighted by Gasteiger charge is -2.38. The molecule has 2 amide bonds. The molecule has 2 aromatic rings. The van der Waals surface area contributed by atoms with Crippen molar-refractivity contribution in [3.8, 4) is 0 Å². The number of H-pyrrole nitrogens is 1. The van der Waals surface area contributed by atoms with Gasteiger partial charge in [-0.1, -0.05) is 6.07 Å². The fraction of sp³-hybridized carbons (Fsp3) is 0.357. The molecule has 0 saturated carbocycles. The van der Waals surface area contributed by atoms with E-state index in [1.165, 1.54) is 0 Å². The molecule has 7 nitrogen and oxygen atoms in total. The van der Waals surface area contributed by atoms with Gasteiger partial charge >= 0.3 is 6.03 Å². The SMILES string of the molecule is CN1CCN(C(=O)Nc2ccccn2)C[C@@H]1c1ncc[nH]1. The van der Waals surface area contributed by atoms with E-state index in [-0.39, 0.29) is 12.1 Å². The van der Waals surface area contributed by atoms with Crippen LogP contribution in [0, 0.1) is 0 Å². The van der Waals surface area contributed by atoms with Crippen molar-refractivity contribution in [2.24, 2.45) is 0 Å². The number of nitrogens with zero attached hydrogens (tertiary/aromatic N) is 4. The van der Waals surface area contributed by atoms with Crippen LogP contribution in [-0.4, -0.2) is 57.5 Å². The minimum absolute atomic E-state index is 0.0863. The monoisotopic (exact) mass is 286 g/mol. The highest BCUT2D eigenvalue weighted by Gasteiger charge is 2.29. The zero-order valence-corrected chi connectivity index (χ0v) is 11.9. The molecule has 0 bridgehead atoms. The first-order valence-corrected chi connectivity index (χ1v) is 6.90. The van der Waals surface area contributed by atoms with Crippen molar-refractivity contribution in [3.63, 3.8) is 0 Å². The van der Waals surface area contributed by atoms with Crippen LogP contribution in [-0.2, 0) is 0 Å². The van der Waals surface area contributed by atoms with E-state index in [4.69, 9.17) is 0 Å². The van der Waals surface area contributed by atoms with Gasteiger partial charge in [0.1, 0.15) is 11.6 Å². The molecule has 1 aliphatic heterocycles. The summed E-state index contributed by atoms with van der Waals surface area (Å²) in [6.45, 7) is 2.09.